The summed E-state index contributed by atoms with van der Waals surface area (Å²) in [5, 5.41) is 8.71. The fourth-order valence-corrected chi connectivity index (χ4v) is 4.51. The van der Waals surface area contributed by atoms with E-state index < -0.39 is 0 Å². The average molecular weight is 373 g/mol. The largest absolute Gasteiger partial charge is 0.340 e. The van der Waals surface area contributed by atoms with Gasteiger partial charge in [0.15, 0.2) is 0 Å². The number of thiazole rings is 1. The summed E-state index contributed by atoms with van der Waals surface area (Å²) in [6.07, 6.45) is 7.69. The van der Waals surface area contributed by atoms with E-state index in [0.29, 0.717) is 26.1 Å². The van der Waals surface area contributed by atoms with Crippen molar-refractivity contribution in [3.63, 3.8) is 0 Å². The van der Waals surface area contributed by atoms with E-state index >= 15 is 0 Å². The van der Waals surface area contributed by atoms with E-state index in [1.165, 1.54) is 0 Å². The van der Waals surface area contributed by atoms with Gasteiger partial charge in [-0.1, -0.05) is 0 Å². The maximum Gasteiger partial charge on any atom is 0.228 e. The van der Waals surface area contributed by atoms with Crippen LogP contribution in [-0.2, 0) is 22.6 Å². The summed E-state index contributed by atoms with van der Waals surface area (Å²) < 4.78 is 0. The minimum Gasteiger partial charge on any atom is -0.340 e. The highest BCUT2D eigenvalue weighted by Crippen LogP contribution is 2.30. The van der Waals surface area contributed by atoms with Crippen molar-refractivity contribution in [1.82, 2.24) is 25.0 Å². The summed E-state index contributed by atoms with van der Waals surface area (Å²) in [5.74, 6) is 0.279. The minimum atomic E-state index is -0.0646. The number of aryl methyl sites for hydroxylation is 1. The fraction of sp³-hybridized carbons (Fsp3) is 0.556. The molecule has 26 heavy (non-hydrogen) atoms. The second kappa shape index (κ2) is 7.57. The number of nitrogens with one attached hydrogen (secondary N) is 1. The van der Waals surface area contributed by atoms with Gasteiger partial charge in [0, 0.05) is 37.1 Å². The van der Waals surface area contributed by atoms with Crippen LogP contribution < -0.4 is 0 Å². The number of piperidine rings is 1. The highest BCUT2D eigenvalue weighted by molar-refractivity contribution is 7.07. The van der Waals surface area contributed by atoms with E-state index in [0.717, 1.165) is 36.9 Å². The van der Waals surface area contributed by atoms with Gasteiger partial charge in [-0.05, 0) is 31.2 Å². The van der Waals surface area contributed by atoms with E-state index in [-0.39, 0.29) is 23.8 Å². The molecule has 1 N–H and O–H groups in total. The third-order valence-corrected chi connectivity index (χ3v) is 6.01. The van der Waals surface area contributed by atoms with Gasteiger partial charge in [0.25, 0.3) is 0 Å². The van der Waals surface area contributed by atoms with Crippen molar-refractivity contribution < 1.29 is 9.59 Å². The first-order valence-corrected chi connectivity index (χ1v) is 10.1. The number of aromatic nitrogens is 3. The SMILES string of the molecule is O=C(CCCc1cn[nH]c1)N1CC2CCC(C1)N(Cc1cscn1)C2=O. The Morgan fingerprint density at radius 1 is 1.35 bits per heavy atom. The van der Waals surface area contributed by atoms with Crippen molar-refractivity contribution in [3.05, 3.63) is 34.5 Å². The molecule has 0 saturated carbocycles. The molecule has 2 bridgehead atoms. The Labute approximate surface area is 156 Å². The van der Waals surface area contributed by atoms with Crippen LogP contribution in [-0.4, -0.2) is 55.9 Å². The standard InChI is InChI=1S/C18H23N5O2S/c24-17(3-1-2-13-6-20-21-7-13)22-8-14-4-5-16(10-22)23(18(14)25)9-15-11-26-12-19-15/h6-7,11-12,14,16H,1-5,8-10H2,(H,20,21). The van der Waals surface area contributed by atoms with Gasteiger partial charge in [0.05, 0.1) is 29.9 Å². The van der Waals surface area contributed by atoms with E-state index in [9.17, 15) is 9.59 Å². The van der Waals surface area contributed by atoms with Crippen LogP contribution in [0, 0.1) is 5.92 Å². The van der Waals surface area contributed by atoms with Gasteiger partial charge < -0.3 is 9.80 Å². The fourth-order valence-electron chi connectivity index (χ4n) is 3.96. The second-order valence-electron chi connectivity index (χ2n) is 7.13. The van der Waals surface area contributed by atoms with E-state index in [4.69, 9.17) is 0 Å². The number of aromatic amines is 1. The van der Waals surface area contributed by atoms with Gasteiger partial charge in [-0.25, -0.2) is 4.98 Å². The molecule has 3 fully saturated rings. The molecule has 3 aliphatic heterocycles. The van der Waals surface area contributed by atoms with Gasteiger partial charge in [0.2, 0.25) is 11.8 Å². The van der Waals surface area contributed by atoms with E-state index in [1.54, 1.807) is 23.0 Å². The molecule has 0 spiro atoms. The average Bonchev–Trinajstić information content (AvgIpc) is 3.27. The third-order valence-electron chi connectivity index (χ3n) is 5.37. The zero-order chi connectivity index (χ0) is 17.9. The number of carbonyl (C=O) groups excluding carboxylic acids is 2. The number of nitrogens with zero attached hydrogens (tertiary/aromatic N) is 4. The molecule has 5 heterocycles. The van der Waals surface area contributed by atoms with Crippen molar-refractivity contribution >= 4 is 23.2 Å². The smallest absolute Gasteiger partial charge is 0.228 e. The predicted octanol–water partition coefficient (Wildman–Crippen LogP) is 1.84. The van der Waals surface area contributed by atoms with Crippen LogP contribution in [0.15, 0.2) is 23.3 Å². The molecule has 5 rings (SSSR count). The summed E-state index contributed by atoms with van der Waals surface area (Å²) in [7, 11) is 0. The topological polar surface area (TPSA) is 82.2 Å². The number of rotatable bonds is 6. The molecule has 2 unspecified atom stereocenters. The molecule has 7 nitrogen and oxygen atoms in total. The van der Waals surface area contributed by atoms with Crippen molar-refractivity contribution in [3.8, 4) is 0 Å². The number of fused-ring (bicyclic) bond motifs is 4. The Balaban J connectivity index is 1.37. The van der Waals surface area contributed by atoms with Gasteiger partial charge in [-0.2, -0.15) is 5.10 Å². The minimum absolute atomic E-state index is 0.0646. The van der Waals surface area contributed by atoms with Gasteiger partial charge in [0.1, 0.15) is 0 Å². The zero-order valence-electron chi connectivity index (χ0n) is 14.6. The second-order valence-corrected chi connectivity index (χ2v) is 7.85. The number of hydrogen-bond acceptors (Lipinski definition) is 5. The molecular weight excluding hydrogens is 350 g/mol. The lowest BCUT2D eigenvalue weighted by Crippen LogP contribution is -2.47. The Morgan fingerprint density at radius 2 is 2.27 bits per heavy atom. The number of carbonyl (C=O) groups is 2. The van der Waals surface area contributed by atoms with Crippen LogP contribution >= 0.6 is 11.3 Å². The Morgan fingerprint density at radius 3 is 3.04 bits per heavy atom. The van der Waals surface area contributed by atoms with Crippen LogP contribution in [0.5, 0.6) is 0 Å². The maximum atomic E-state index is 12.8. The molecule has 2 aromatic rings. The monoisotopic (exact) mass is 373 g/mol. The van der Waals surface area contributed by atoms with Crippen LogP contribution in [0.4, 0.5) is 0 Å². The molecule has 138 valence electrons. The van der Waals surface area contributed by atoms with E-state index in [2.05, 4.69) is 15.2 Å². The van der Waals surface area contributed by atoms with Crippen LogP contribution in [0.1, 0.15) is 36.9 Å². The third kappa shape index (κ3) is 3.65. The molecule has 0 radical (unpaired) electrons. The summed E-state index contributed by atoms with van der Waals surface area (Å²) >= 11 is 1.55. The lowest BCUT2D eigenvalue weighted by Gasteiger charge is -2.35. The Kier molecular flexibility index (Phi) is 5.01. The first-order chi connectivity index (χ1) is 12.7. The molecule has 2 amide bonds. The summed E-state index contributed by atoms with van der Waals surface area (Å²) in [5.41, 5.74) is 3.86. The lowest BCUT2D eigenvalue weighted by molar-refractivity contribution is -0.140. The number of hydrogen-bond donors (Lipinski definition) is 1. The molecule has 3 aliphatic rings. The Bertz CT molecular complexity index is 746. The number of amides is 2. The molecule has 8 heteroatoms. The highest BCUT2D eigenvalue weighted by atomic mass is 32.1. The molecular formula is C18H23N5O2S. The first kappa shape index (κ1) is 17.2. The molecule has 2 atom stereocenters. The highest BCUT2D eigenvalue weighted by Gasteiger charge is 2.41. The summed E-state index contributed by atoms with van der Waals surface area (Å²) in [6.45, 7) is 1.77. The van der Waals surface area contributed by atoms with Gasteiger partial charge in [-0.15, -0.1) is 11.3 Å². The predicted molar refractivity (Wildman–Crippen MR) is 97.3 cm³/mol. The Hall–Kier alpha value is -2.22. The zero-order valence-corrected chi connectivity index (χ0v) is 15.5. The van der Waals surface area contributed by atoms with Crippen molar-refractivity contribution in [2.45, 2.75) is 44.7 Å². The van der Waals surface area contributed by atoms with Crippen molar-refractivity contribution in [2.75, 3.05) is 13.1 Å². The van der Waals surface area contributed by atoms with Crippen molar-refractivity contribution in [2.24, 2.45) is 5.92 Å². The molecule has 3 saturated heterocycles. The quantitative estimate of drug-likeness (QED) is 0.838. The van der Waals surface area contributed by atoms with Crippen LogP contribution in [0.25, 0.3) is 0 Å². The van der Waals surface area contributed by atoms with Crippen LogP contribution in [0.3, 0.4) is 0 Å². The maximum absolute atomic E-state index is 12.8. The first-order valence-electron chi connectivity index (χ1n) is 9.13. The molecule has 0 aromatic carbocycles. The summed E-state index contributed by atoms with van der Waals surface area (Å²) in [6, 6.07) is 0.112. The summed E-state index contributed by atoms with van der Waals surface area (Å²) in [4.78, 5) is 33.7. The van der Waals surface area contributed by atoms with Crippen molar-refractivity contribution in [1.29, 1.82) is 0 Å². The molecule has 2 aromatic heterocycles. The van der Waals surface area contributed by atoms with Crippen LogP contribution in [0.2, 0.25) is 0 Å². The van der Waals surface area contributed by atoms with Gasteiger partial charge >= 0.3 is 0 Å². The molecule has 0 aliphatic carbocycles. The number of H-pyrrole nitrogens is 1. The van der Waals surface area contributed by atoms with E-state index in [1.807, 2.05) is 21.4 Å². The van der Waals surface area contributed by atoms with Gasteiger partial charge in [-0.3, -0.25) is 14.7 Å². The lowest BCUT2D eigenvalue weighted by atomic mass is 9.94. The normalized spacial score (nSPS) is 22.7.